The number of rotatable bonds is 4. The molecule has 5 rings (SSSR count). The summed E-state index contributed by atoms with van der Waals surface area (Å²) in [5.41, 5.74) is 2.88. The van der Waals surface area contributed by atoms with Crippen LogP contribution in [0.3, 0.4) is 0 Å². The van der Waals surface area contributed by atoms with Gasteiger partial charge in [0.15, 0.2) is 17.8 Å². The zero-order valence-electron chi connectivity index (χ0n) is 18.5. The lowest BCUT2D eigenvalue weighted by atomic mass is 10.0. The van der Waals surface area contributed by atoms with Crippen LogP contribution in [0, 0.1) is 6.92 Å². The number of aryl methyl sites for hydroxylation is 1. The number of amides is 2. The molecule has 2 amide bonds. The van der Waals surface area contributed by atoms with Crippen molar-refractivity contribution in [2.75, 3.05) is 13.1 Å². The minimum absolute atomic E-state index is 0.114. The highest BCUT2D eigenvalue weighted by atomic mass is 16.3. The van der Waals surface area contributed by atoms with E-state index in [4.69, 9.17) is 4.42 Å². The molecule has 0 radical (unpaired) electrons. The van der Waals surface area contributed by atoms with Crippen molar-refractivity contribution in [2.45, 2.75) is 25.8 Å². The fraction of sp³-hybridized carbons (Fsp3) is 0.222. The Morgan fingerprint density at radius 2 is 1.82 bits per heavy atom. The minimum Gasteiger partial charge on any atom is -0.443 e. The van der Waals surface area contributed by atoms with Crippen LogP contribution in [0.1, 0.15) is 39.3 Å². The normalized spacial score (nSPS) is 16.0. The van der Waals surface area contributed by atoms with Crippen molar-refractivity contribution in [2.24, 2.45) is 0 Å². The fourth-order valence-corrected chi connectivity index (χ4v) is 4.34. The third-order valence-corrected chi connectivity index (χ3v) is 6.14. The number of piperidine rings is 1. The molecule has 1 aliphatic heterocycles. The molecule has 0 aliphatic carbocycles. The van der Waals surface area contributed by atoms with Gasteiger partial charge in [-0.3, -0.25) is 9.59 Å². The first-order chi connectivity index (χ1) is 16.1. The molecule has 1 aliphatic rings. The molecule has 1 N–H and O–H groups in total. The van der Waals surface area contributed by atoms with E-state index >= 15 is 0 Å². The maximum Gasteiger partial charge on any atom is 0.276 e. The largest absolute Gasteiger partial charge is 0.443 e. The lowest BCUT2D eigenvalue weighted by Crippen LogP contribution is -2.49. The van der Waals surface area contributed by atoms with Crippen LogP contribution >= 0.6 is 0 Å². The smallest absolute Gasteiger partial charge is 0.276 e. The summed E-state index contributed by atoms with van der Waals surface area (Å²) in [7, 11) is 0. The summed E-state index contributed by atoms with van der Waals surface area (Å²) < 4.78 is 5.56. The van der Waals surface area contributed by atoms with Crippen LogP contribution in [0.15, 0.2) is 77.5 Å². The maximum atomic E-state index is 13.3. The number of benzene rings is 3. The van der Waals surface area contributed by atoms with Gasteiger partial charge in [0.2, 0.25) is 0 Å². The zero-order chi connectivity index (χ0) is 22.8. The molecule has 0 spiro atoms. The summed E-state index contributed by atoms with van der Waals surface area (Å²) in [6.45, 7) is 3.08. The van der Waals surface area contributed by atoms with E-state index in [0.29, 0.717) is 30.1 Å². The topological polar surface area (TPSA) is 75.4 Å². The summed E-state index contributed by atoms with van der Waals surface area (Å²) in [4.78, 5) is 32.1. The molecule has 3 aromatic carbocycles. The number of hydrogen-bond donors (Lipinski definition) is 1. The number of fused-ring (bicyclic) bond motifs is 1. The zero-order valence-corrected chi connectivity index (χ0v) is 18.5. The molecule has 6 nitrogen and oxygen atoms in total. The first-order valence-electron chi connectivity index (χ1n) is 11.2. The first-order valence-corrected chi connectivity index (χ1v) is 11.2. The van der Waals surface area contributed by atoms with E-state index in [1.165, 1.54) is 6.39 Å². The van der Waals surface area contributed by atoms with Gasteiger partial charge in [-0.25, -0.2) is 4.98 Å². The quantitative estimate of drug-likeness (QED) is 0.494. The Labute approximate surface area is 192 Å². The van der Waals surface area contributed by atoms with Crippen LogP contribution in [0.5, 0.6) is 0 Å². The number of nitrogens with zero attached hydrogens (tertiary/aromatic N) is 2. The number of oxazole rings is 1. The molecule has 33 heavy (non-hydrogen) atoms. The Kier molecular flexibility index (Phi) is 5.65. The number of nitrogens with one attached hydrogen (secondary N) is 1. The molecule has 2 heterocycles. The lowest BCUT2D eigenvalue weighted by Gasteiger charge is -2.33. The molecule has 1 atom stereocenters. The standard InChI is InChI=1S/C27H25N3O3/c1-18-8-10-20(11-9-18)25-24(28-17-33-25)27(32)30-14-4-7-23(16-30)29-26(31)22-13-12-19-5-2-3-6-21(19)15-22/h2-3,5-6,8-13,15,17,23H,4,7,14,16H2,1H3,(H,29,31). The number of likely N-dealkylation sites (tertiary alicyclic amines) is 1. The molecule has 166 valence electrons. The Morgan fingerprint density at radius 1 is 1.03 bits per heavy atom. The van der Waals surface area contributed by atoms with Crippen molar-refractivity contribution in [3.05, 3.63) is 89.9 Å². The van der Waals surface area contributed by atoms with E-state index in [2.05, 4.69) is 10.3 Å². The number of carbonyl (C=O) groups excluding carboxylic acids is 2. The summed E-state index contributed by atoms with van der Waals surface area (Å²) in [5.74, 6) is 0.174. The van der Waals surface area contributed by atoms with Gasteiger partial charge in [0.25, 0.3) is 11.8 Å². The molecular weight excluding hydrogens is 414 g/mol. The molecule has 0 bridgehead atoms. The highest BCUT2D eigenvalue weighted by Gasteiger charge is 2.29. The van der Waals surface area contributed by atoms with Crippen LogP contribution < -0.4 is 5.32 Å². The first kappa shape index (κ1) is 20.9. The summed E-state index contributed by atoms with van der Waals surface area (Å²) in [5, 5.41) is 5.23. The third kappa shape index (κ3) is 4.37. The average molecular weight is 440 g/mol. The van der Waals surface area contributed by atoms with Crippen molar-refractivity contribution in [3.8, 4) is 11.3 Å². The van der Waals surface area contributed by atoms with Gasteiger partial charge in [0.1, 0.15) is 0 Å². The molecule has 1 aromatic heterocycles. The molecule has 1 fully saturated rings. The van der Waals surface area contributed by atoms with Crippen LogP contribution in [-0.4, -0.2) is 40.8 Å². The minimum atomic E-state index is -0.177. The molecule has 0 saturated carbocycles. The fourth-order valence-electron chi connectivity index (χ4n) is 4.34. The Bertz CT molecular complexity index is 1310. The van der Waals surface area contributed by atoms with Gasteiger partial charge in [-0.2, -0.15) is 0 Å². The van der Waals surface area contributed by atoms with Gasteiger partial charge in [-0.1, -0.05) is 60.2 Å². The van der Waals surface area contributed by atoms with Crippen molar-refractivity contribution in [3.63, 3.8) is 0 Å². The average Bonchev–Trinajstić information content (AvgIpc) is 3.34. The monoisotopic (exact) mass is 439 g/mol. The predicted octanol–water partition coefficient (Wildman–Crippen LogP) is 4.84. The van der Waals surface area contributed by atoms with E-state index < -0.39 is 0 Å². The second kappa shape index (κ2) is 8.90. The van der Waals surface area contributed by atoms with Crippen molar-refractivity contribution in [1.82, 2.24) is 15.2 Å². The van der Waals surface area contributed by atoms with Gasteiger partial charge in [0, 0.05) is 30.3 Å². The van der Waals surface area contributed by atoms with E-state index in [-0.39, 0.29) is 17.9 Å². The van der Waals surface area contributed by atoms with Crippen LogP contribution in [0.25, 0.3) is 22.1 Å². The highest BCUT2D eigenvalue weighted by Crippen LogP contribution is 2.26. The van der Waals surface area contributed by atoms with Crippen LogP contribution in [0.4, 0.5) is 0 Å². The third-order valence-electron chi connectivity index (χ3n) is 6.14. The van der Waals surface area contributed by atoms with Gasteiger partial charge in [-0.05, 0) is 42.7 Å². The number of carbonyl (C=O) groups is 2. The Morgan fingerprint density at radius 3 is 2.64 bits per heavy atom. The predicted molar refractivity (Wildman–Crippen MR) is 127 cm³/mol. The van der Waals surface area contributed by atoms with E-state index in [1.54, 1.807) is 4.90 Å². The van der Waals surface area contributed by atoms with Gasteiger partial charge in [0.05, 0.1) is 0 Å². The number of hydrogen-bond acceptors (Lipinski definition) is 4. The summed E-state index contributed by atoms with van der Waals surface area (Å²) >= 11 is 0. The lowest BCUT2D eigenvalue weighted by molar-refractivity contribution is 0.0671. The molecular formula is C27H25N3O3. The van der Waals surface area contributed by atoms with Crippen molar-refractivity contribution < 1.29 is 14.0 Å². The van der Waals surface area contributed by atoms with Gasteiger partial charge < -0.3 is 14.6 Å². The van der Waals surface area contributed by atoms with Crippen molar-refractivity contribution in [1.29, 1.82) is 0 Å². The van der Waals surface area contributed by atoms with Gasteiger partial charge in [-0.15, -0.1) is 0 Å². The van der Waals surface area contributed by atoms with Crippen molar-refractivity contribution >= 4 is 22.6 Å². The van der Waals surface area contributed by atoms with E-state index in [1.807, 2.05) is 73.7 Å². The molecule has 6 heteroatoms. The van der Waals surface area contributed by atoms with Crippen LogP contribution in [0.2, 0.25) is 0 Å². The second-order valence-corrected chi connectivity index (χ2v) is 8.52. The highest BCUT2D eigenvalue weighted by molar-refractivity contribution is 5.99. The summed E-state index contributed by atoms with van der Waals surface area (Å²) in [6, 6.07) is 21.4. The SMILES string of the molecule is Cc1ccc(-c2ocnc2C(=O)N2CCCC(NC(=O)c3ccc4ccccc4c3)C2)cc1. The van der Waals surface area contributed by atoms with Gasteiger partial charge >= 0.3 is 0 Å². The molecule has 1 unspecified atom stereocenters. The maximum absolute atomic E-state index is 13.3. The van der Waals surface area contributed by atoms with E-state index in [9.17, 15) is 9.59 Å². The molecule has 1 saturated heterocycles. The second-order valence-electron chi connectivity index (χ2n) is 8.52. The Hall–Kier alpha value is -3.93. The Balaban J connectivity index is 1.29. The summed E-state index contributed by atoms with van der Waals surface area (Å²) in [6.07, 6.45) is 2.95. The molecule has 4 aromatic rings. The van der Waals surface area contributed by atoms with Crippen LogP contribution in [-0.2, 0) is 0 Å². The number of aromatic nitrogens is 1. The van der Waals surface area contributed by atoms with E-state index in [0.717, 1.165) is 34.7 Å².